The van der Waals surface area contributed by atoms with Crippen LogP contribution in [0.2, 0.25) is 0 Å². The molecule has 0 heterocycles. The zero-order valence-electron chi connectivity index (χ0n) is 23.9. The van der Waals surface area contributed by atoms with E-state index in [1.54, 1.807) is 0 Å². The summed E-state index contributed by atoms with van der Waals surface area (Å²) in [6.07, 6.45) is 16.5. The highest BCUT2D eigenvalue weighted by Gasteiger charge is 2.61. The molecule has 4 fully saturated rings. The number of carbonyl (C=O) groups is 1. The largest absolute Gasteiger partial charge is 0.462 e. The quantitative estimate of drug-likeness (QED) is 0.360. The van der Waals surface area contributed by atoms with Crippen LogP contribution in [0.5, 0.6) is 0 Å². The van der Waals surface area contributed by atoms with Gasteiger partial charge in [-0.05, 0) is 131 Å². The zero-order valence-corrected chi connectivity index (χ0v) is 23.9. The van der Waals surface area contributed by atoms with Gasteiger partial charge in [-0.2, -0.15) is 0 Å². The minimum atomic E-state index is -0.399. The van der Waals surface area contributed by atoms with Gasteiger partial charge >= 0.3 is 5.97 Å². The Labute approximate surface area is 211 Å². The first kappa shape index (κ1) is 26.5. The summed E-state index contributed by atoms with van der Waals surface area (Å²) in [6.45, 7) is 18.6. The van der Waals surface area contributed by atoms with Gasteiger partial charge in [-0.1, -0.05) is 53.9 Å². The van der Waals surface area contributed by atoms with Crippen LogP contribution in [0.1, 0.15) is 132 Å². The molecule has 2 heteroatoms. The summed E-state index contributed by atoms with van der Waals surface area (Å²) in [6, 6.07) is 0. The van der Waals surface area contributed by atoms with Gasteiger partial charge in [0, 0.05) is 0 Å². The average molecular weight is 473 g/mol. The van der Waals surface area contributed by atoms with Crippen molar-refractivity contribution >= 4 is 5.97 Å². The molecule has 0 bridgehead atoms. The number of hydrogen-bond acceptors (Lipinski definition) is 2. The van der Waals surface area contributed by atoms with Gasteiger partial charge in [-0.25, -0.2) is 0 Å². The van der Waals surface area contributed by atoms with Gasteiger partial charge in [0.25, 0.3) is 0 Å². The van der Waals surface area contributed by atoms with Crippen LogP contribution in [0.25, 0.3) is 0 Å². The van der Waals surface area contributed by atoms with Crippen molar-refractivity contribution in [1.29, 1.82) is 0 Å². The summed E-state index contributed by atoms with van der Waals surface area (Å²) in [7, 11) is 0. The van der Waals surface area contributed by atoms with Gasteiger partial charge in [0.1, 0.15) is 6.10 Å². The maximum absolute atomic E-state index is 12.7. The SMILES string of the molecule is CC(C)CCC[C@@H](C)C1CC[C@H]2C3CCC4CCC(OC(=O)C(C)(C)C)CC4(C)C3CCC12C. The third kappa shape index (κ3) is 4.87. The molecular weight excluding hydrogens is 416 g/mol. The maximum Gasteiger partial charge on any atom is 0.311 e. The molecule has 196 valence electrons. The van der Waals surface area contributed by atoms with Crippen LogP contribution in [0.4, 0.5) is 0 Å². The van der Waals surface area contributed by atoms with Gasteiger partial charge in [0.2, 0.25) is 0 Å². The summed E-state index contributed by atoms with van der Waals surface area (Å²) >= 11 is 0. The van der Waals surface area contributed by atoms with Gasteiger partial charge in [-0.15, -0.1) is 0 Å². The van der Waals surface area contributed by atoms with Crippen molar-refractivity contribution in [2.24, 2.45) is 57.7 Å². The predicted octanol–water partition coefficient (Wildman–Crippen LogP) is 9.07. The van der Waals surface area contributed by atoms with Crippen LogP contribution >= 0.6 is 0 Å². The molecule has 0 N–H and O–H groups in total. The fourth-order valence-corrected chi connectivity index (χ4v) is 9.76. The molecular formula is C32H56O2. The molecule has 0 aliphatic heterocycles. The molecule has 9 atom stereocenters. The zero-order chi connectivity index (χ0) is 24.9. The molecule has 34 heavy (non-hydrogen) atoms. The van der Waals surface area contributed by atoms with Crippen molar-refractivity contribution in [1.82, 2.24) is 0 Å². The second kappa shape index (κ2) is 9.74. The Kier molecular flexibility index (Phi) is 7.60. The molecule has 0 amide bonds. The lowest BCUT2D eigenvalue weighted by molar-refractivity contribution is -0.173. The van der Waals surface area contributed by atoms with E-state index in [1.165, 1.54) is 64.2 Å². The summed E-state index contributed by atoms with van der Waals surface area (Å²) in [5.74, 6) is 6.17. The molecule has 0 saturated heterocycles. The third-order valence-electron chi connectivity index (χ3n) is 11.7. The minimum absolute atomic E-state index is 0.00628. The van der Waals surface area contributed by atoms with Crippen molar-refractivity contribution in [3.8, 4) is 0 Å². The van der Waals surface area contributed by atoms with E-state index in [4.69, 9.17) is 4.74 Å². The highest BCUT2D eigenvalue weighted by Crippen LogP contribution is 2.68. The van der Waals surface area contributed by atoms with Gasteiger partial charge < -0.3 is 4.74 Å². The van der Waals surface area contributed by atoms with E-state index >= 15 is 0 Å². The number of hydrogen-bond donors (Lipinski definition) is 0. The van der Waals surface area contributed by atoms with E-state index in [0.29, 0.717) is 10.8 Å². The van der Waals surface area contributed by atoms with E-state index in [2.05, 4.69) is 34.6 Å². The number of carbonyl (C=O) groups excluding carboxylic acids is 1. The second-order valence-electron chi connectivity index (χ2n) is 15.2. The summed E-state index contributed by atoms with van der Waals surface area (Å²) < 4.78 is 6.12. The topological polar surface area (TPSA) is 26.3 Å². The Hall–Kier alpha value is -0.530. The van der Waals surface area contributed by atoms with E-state index in [-0.39, 0.29) is 12.1 Å². The molecule has 0 spiro atoms. The molecule has 4 aliphatic carbocycles. The first-order valence-corrected chi connectivity index (χ1v) is 15.1. The maximum atomic E-state index is 12.7. The van der Waals surface area contributed by atoms with E-state index < -0.39 is 5.41 Å². The average Bonchev–Trinajstić information content (AvgIpc) is 3.09. The Morgan fingerprint density at radius 1 is 0.882 bits per heavy atom. The Balaban J connectivity index is 1.45. The monoisotopic (exact) mass is 472 g/mol. The molecule has 0 radical (unpaired) electrons. The Morgan fingerprint density at radius 3 is 2.24 bits per heavy atom. The normalized spacial score (nSPS) is 43.1. The smallest absolute Gasteiger partial charge is 0.311 e. The lowest BCUT2D eigenvalue weighted by Crippen LogP contribution is -2.55. The van der Waals surface area contributed by atoms with Gasteiger partial charge in [0.05, 0.1) is 5.41 Å². The van der Waals surface area contributed by atoms with E-state index in [0.717, 1.165) is 54.3 Å². The van der Waals surface area contributed by atoms with Crippen LogP contribution in [0, 0.1) is 57.7 Å². The van der Waals surface area contributed by atoms with Crippen molar-refractivity contribution < 1.29 is 9.53 Å². The molecule has 0 aromatic rings. The van der Waals surface area contributed by atoms with Crippen LogP contribution in [-0.4, -0.2) is 12.1 Å². The second-order valence-corrected chi connectivity index (χ2v) is 15.2. The number of fused-ring (bicyclic) bond motifs is 5. The molecule has 0 aromatic carbocycles. The number of rotatable bonds is 6. The van der Waals surface area contributed by atoms with Crippen molar-refractivity contribution in [3.05, 3.63) is 0 Å². The lowest BCUT2D eigenvalue weighted by atomic mass is 9.44. The van der Waals surface area contributed by atoms with Gasteiger partial charge in [-0.3, -0.25) is 4.79 Å². The predicted molar refractivity (Wildman–Crippen MR) is 142 cm³/mol. The molecule has 0 aromatic heterocycles. The Morgan fingerprint density at radius 2 is 1.56 bits per heavy atom. The molecule has 4 rings (SSSR count). The first-order valence-electron chi connectivity index (χ1n) is 15.1. The minimum Gasteiger partial charge on any atom is -0.462 e. The van der Waals surface area contributed by atoms with Gasteiger partial charge in [0.15, 0.2) is 0 Å². The fourth-order valence-electron chi connectivity index (χ4n) is 9.76. The van der Waals surface area contributed by atoms with E-state index in [9.17, 15) is 4.79 Å². The van der Waals surface area contributed by atoms with Crippen molar-refractivity contribution in [3.63, 3.8) is 0 Å². The number of esters is 1. The van der Waals surface area contributed by atoms with Crippen LogP contribution < -0.4 is 0 Å². The third-order valence-corrected chi connectivity index (χ3v) is 11.7. The lowest BCUT2D eigenvalue weighted by Gasteiger charge is -2.61. The van der Waals surface area contributed by atoms with Crippen LogP contribution in [0.3, 0.4) is 0 Å². The number of ether oxygens (including phenoxy) is 1. The summed E-state index contributed by atoms with van der Waals surface area (Å²) in [5, 5.41) is 0. The molecule has 4 aliphatic rings. The van der Waals surface area contributed by atoms with Crippen LogP contribution in [0.15, 0.2) is 0 Å². The highest BCUT2D eigenvalue weighted by atomic mass is 16.5. The van der Waals surface area contributed by atoms with E-state index in [1.807, 2.05) is 20.8 Å². The van der Waals surface area contributed by atoms with Crippen LogP contribution in [-0.2, 0) is 9.53 Å². The molecule has 4 saturated carbocycles. The van der Waals surface area contributed by atoms with Crippen molar-refractivity contribution in [2.45, 2.75) is 139 Å². The Bertz CT molecular complexity index is 719. The summed E-state index contributed by atoms with van der Waals surface area (Å²) in [5.41, 5.74) is 0.533. The fraction of sp³-hybridized carbons (Fsp3) is 0.969. The molecule has 2 nitrogen and oxygen atoms in total. The highest BCUT2D eigenvalue weighted by molar-refractivity contribution is 5.75. The standard InChI is InChI=1S/C32H56O2/c1-21(2)10-9-11-22(3)26-16-17-27-25-15-13-23-12-14-24(34-29(33)30(4,5)6)20-32(23,8)28(25)18-19-31(26,27)7/h21-28H,9-20H2,1-8H3/t22-,23?,24?,25?,26?,27+,28?,31?,32?/m1/s1. The molecule has 7 unspecified atom stereocenters. The summed E-state index contributed by atoms with van der Waals surface area (Å²) in [4.78, 5) is 12.7. The first-order chi connectivity index (χ1) is 15.9. The van der Waals surface area contributed by atoms with Crippen molar-refractivity contribution in [2.75, 3.05) is 0 Å².